The van der Waals surface area contributed by atoms with Crippen LogP contribution >= 0.6 is 0 Å². The van der Waals surface area contributed by atoms with Gasteiger partial charge in [-0.2, -0.15) is 0 Å². The molecule has 0 saturated carbocycles. The van der Waals surface area contributed by atoms with Crippen LogP contribution in [0, 0.1) is 0 Å². The Morgan fingerprint density at radius 3 is 2.35 bits per heavy atom. The van der Waals surface area contributed by atoms with Crippen molar-refractivity contribution in [3.05, 3.63) is 35.9 Å². The molecule has 1 aromatic carbocycles. The van der Waals surface area contributed by atoms with Crippen molar-refractivity contribution < 1.29 is 4.79 Å². The van der Waals surface area contributed by atoms with Crippen LogP contribution in [0.25, 0.3) is 0 Å². The molecule has 0 aliphatic carbocycles. The summed E-state index contributed by atoms with van der Waals surface area (Å²) in [4.78, 5) is 11.9. The molecule has 1 aromatic rings. The number of nitrogens with one attached hydrogen (secondary N) is 1. The fraction of sp³-hybridized carbons (Fsp3) is 0.500. The van der Waals surface area contributed by atoms with Gasteiger partial charge in [0, 0.05) is 6.04 Å². The highest BCUT2D eigenvalue weighted by Crippen LogP contribution is 2.25. The van der Waals surface area contributed by atoms with Crippen LogP contribution < -0.4 is 11.1 Å². The van der Waals surface area contributed by atoms with Gasteiger partial charge in [-0.1, -0.05) is 44.2 Å². The molecule has 0 spiro atoms. The lowest BCUT2D eigenvalue weighted by Gasteiger charge is -2.34. The van der Waals surface area contributed by atoms with Crippen LogP contribution in [0.5, 0.6) is 0 Å². The van der Waals surface area contributed by atoms with E-state index in [2.05, 4.69) is 19.2 Å². The van der Waals surface area contributed by atoms with E-state index in [1.807, 2.05) is 37.3 Å². The topological polar surface area (TPSA) is 55.1 Å². The first kappa shape index (κ1) is 13.7. The van der Waals surface area contributed by atoms with Gasteiger partial charge >= 0.3 is 0 Å². The third kappa shape index (κ3) is 2.86. The van der Waals surface area contributed by atoms with E-state index in [9.17, 15) is 4.79 Å². The molecule has 0 bridgehead atoms. The van der Waals surface area contributed by atoms with Crippen molar-refractivity contribution in [2.24, 2.45) is 5.73 Å². The number of carbonyl (C=O) groups excluding carboxylic acids is 1. The highest BCUT2D eigenvalue weighted by Gasteiger charge is 2.37. The van der Waals surface area contributed by atoms with E-state index in [-0.39, 0.29) is 11.9 Å². The maximum atomic E-state index is 11.9. The largest absolute Gasteiger partial charge is 0.368 e. The van der Waals surface area contributed by atoms with Gasteiger partial charge in [0.25, 0.3) is 0 Å². The van der Waals surface area contributed by atoms with Crippen molar-refractivity contribution in [2.45, 2.75) is 45.2 Å². The predicted molar refractivity (Wildman–Crippen MR) is 70.5 cm³/mol. The summed E-state index contributed by atoms with van der Waals surface area (Å²) in [5.74, 6) is -0.313. The highest BCUT2D eigenvalue weighted by atomic mass is 16.1. The van der Waals surface area contributed by atoms with E-state index in [0.29, 0.717) is 6.42 Å². The minimum Gasteiger partial charge on any atom is -0.368 e. The molecule has 0 aromatic heterocycles. The van der Waals surface area contributed by atoms with Gasteiger partial charge < -0.3 is 5.73 Å². The number of hydrogen-bond acceptors (Lipinski definition) is 2. The number of primary amides is 1. The zero-order valence-electron chi connectivity index (χ0n) is 10.9. The molecule has 0 fully saturated rings. The summed E-state index contributed by atoms with van der Waals surface area (Å²) in [5.41, 5.74) is 5.80. The van der Waals surface area contributed by atoms with Gasteiger partial charge in [-0.05, 0) is 25.3 Å². The molecule has 3 nitrogen and oxygen atoms in total. The Kier molecular flexibility index (Phi) is 4.70. The average molecular weight is 234 g/mol. The normalized spacial score (nSPS) is 16.2. The van der Waals surface area contributed by atoms with Gasteiger partial charge in [-0.3, -0.25) is 10.1 Å². The summed E-state index contributed by atoms with van der Waals surface area (Å²) in [6.45, 7) is 6.13. The van der Waals surface area contributed by atoms with E-state index in [4.69, 9.17) is 5.73 Å². The first-order valence-corrected chi connectivity index (χ1v) is 6.20. The molecule has 0 aliphatic rings. The standard InChI is InChI=1S/C14H22N2O/c1-4-11(3)16-14(5-2,13(15)17)12-9-7-6-8-10-12/h6-11,16H,4-5H2,1-3H3,(H2,15,17). The Morgan fingerprint density at radius 1 is 1.35 bits per heavy atom. The molecular weight excluding hydrogens is 212 g/mol. The van der Waals surface area contributed by atoms with Crippen molar-refractivity contribution in [2.75, 3.05) is 0 Å². The first-order valence-electron chi connectivity index (χ1n) is 6.20. The van der Waals surface area contributed by atoms with E-state index in [1.54, 1.807) is 0 Å². The van der Waals surface area contributed by atoms with Gasteiger partial charge in [0.05, 0.1) is 0 Å². The van der Waals surface area contributed by atoms with Gasteiger partial charge in [0.2, 0.25) is 5.91 Å². The summed E-state index contributed by atoms with van der Waals surface area (Å²) < 4.78 is 0. The van der Waals surface area contributed by atoms with Crippen LogP contribution in [0.1, 0.15) is 39.2 Å². The number of nitrogens with two attached hydrogens (primary N) is 1. The number of benzene rings is 1. The maximum Gasteiger partial charge on any atom is 0.242 e. The maximum absolute atomic E-state index is 11.9. The minimum atomic E-state index is -0.753. The van der Waals surface area contributed by atoms with Crippen LogP contribution in [-0.4, -0.2) is 11.9 Å². The third-order valence-electron chi connectivity index (χ3n) is 3.32. The first-order chi connectivity index (χ1) is 8.06. The monoisotopic (exact) mass is 234 g/mol. The SMILES string of the molecule is CCC(C)NC(CC)(C(N)=O)c1ccccc1. The fourth-order valence-corrected chi connectivity index (χ4v) is 2.02. The van der Waals surface area contributed by atoms with Crippen molar-refractivity contribution in [1.82, 2.24) is 5.32 Å². The molecule has 0 saturated heterocycles. The van der Waals surface area contributed by atoms with Crippen molar-refractivity contribution in [3.63, 3.8) is 0 Å². The predicted octanol–water partition coefficient (Wildman–Crippen LogP) is 2.17. The lowest BCUT2D eigenvalue weighted by Crippen LogP contribution is -2.55. The molecule has 2 atom stereocenters. The van der Waals surface area contributed by atoms with E-state index >= 15 is 0 Å². The summed E-state index contributed by atoms with van der Waals surface area (Å²) in [6, 6.07) is 9.95. The molecule has 0 radical (unpaired) electrons. The molecule has 3 heteroatoms. The second-order valence-electron chi connectivity index (χ2n) is 4.44. The van der Waals surface area contributed by atoms with Crippen LogP contribution in [0.3, 0.4) is 0 Å². The second-order valence-corrected chi connectivity index (χ2v) is 4.44. The lowest BCUT2D eigenvalue weighted by molar-refractivity contribution is -0.125. The number of amides is 1. The lowest BCUT2D eigenvalue weighted by atomic mass is 9.85. The molecule has 0 heterocycles. The third-order valence-corrected chi connectivity index (χ3v) is 3.32. The smallest absolute Gasteiger partial charge is 0.242 e. The van der Waals surface area contributed by atoms with Crippen molar-refractivity contribution in [1.29, 1.82) is 0 Å². The summed E-state index contributed by atoms with van der Waals surface area (Å²) >= 11 is 0. The van der Waals surface area contributed by atoms with Crippen molar-refractivity contribution >= 4 is 5.91 Å². The Morgan fingerprint density at radius 2 is 1.94 bits per heavy atom. The quantitative estimate of drug-likeness (QED) is 0.792. The summed E-state index contributed by atoms with van der Waals surface area (Å²) in [5, 5.41) is 3.37. The second kappa shape index (κ2) is 5.82. The Bertz CT molecular complexity index is 364. The number of rotatable bonds is 6. The highest BCUT2D eigenvalue weighted by molar-refractivity contribution is 5.86. The Balaban J connectivity index is 3.14. The van der Waals surface area contributed by atoms with Gasteiger partial charge in [0.1, 0.15) is 5.54 Å². The molecule has 17 heavy (non-hydrogen) atoms. The van der Waals surface area contributed by atoms with E-state index in [1.165, 1.54) is 0 Å². The summed E-state index contributed by atoms with van der Waals surface area (Å²) in [7, 11) is 0. The number of hydrogen-bond donors (Lipinski definition) is 2. The molecule has 2 unspecified atom stereocenters. The Hall–Kier alpha value is -1.35. The van der Waals surface area contributed by atoms with Crippen LogP contribution in [-0.2, 0) is 10.3 Å². The molecule has 1 amide bonds. The van der Waals surface area contributed by atoms with Crippen LogP contribution in [0.2, 0.25) is 0 Å². The van der Waals surface area contributed by atoms with Gasteiger partial charge in [-0.15, -0.1) is 0 Å². The fourth-order valence-electron chi connectivity index (χ4n) is 2.02. The van der Waals surface area contributed by atoms with Gasteiger partial charge in [0.15, 0.2) is 0 Å². The van der Waals surface area contributed by atoms with Crippen molar-refractivity contribution in [3.8, 4) is 0 Å². The van der Waals surface area contributed by atoms with Gasteiger partial charge in [-0.25, -0.2) is 0 Å². The summed E-state index contributed by atoms with van der Waals surface area (Å²) in [6.07, 6.45) is 1.61. The molecular formula is C14H22N2O. The Labute approximate surface area is 103 Å². The van der Waals surface area contributed by atoms with E-state index < -0.39 is 5.54 Å². The molecule has 0 aliphatic heterocycles. The zero-order chi connectivity index (χ0) is 12.9. The zero-order valence-corrected chi connectivity index (χ0v) is 10.9. The number of carbonyl (C=O) groups is 1. The van der Waals surface area contributed by atoms with E-state index in [0.717, 1.165) is 12.0 Å². The van der Waals surface area contributed by atoms with Crippen LogP contribution in [0.4, 0.5) is 0 Å². The molecule has 94 valence electrons. The average Bonchev–Trinajstić information content (AvgIpc) is 2.36. The van der Waals surface area contributed by atoms with Crippen LogP contribution in [0.15, 0.2) is 30.3 Å². The molecule has 3 N–H and O–H groups in total. The molecule has 1 rings (SSSR count). The minimum absolute atomic E-state index is 0.252.